The molecule has 0 radical (unpaired) electrons. The molecule has 4 heteroatoms. The van der Waals surface area contributed by atoms with Crippen LogP contribution in [0.2, 0.25) is 0 Å². The summed E-state index contributed by atoms with van der Waals surface area (Å²) in [5.41, 5.74) is -0.123. The van der Waals surface area contributed by atoms with Crippen LogP contribution < -0.4 is 0 Å². The molecule has 0 bridgehead atoms. The predicted molar refractivity (Wildman–Crippen MR) is 41.6 cm³/mol. The molecule has 1 rings (SSSR count). The van der Waals surface area contributed by atoms with Crippen molar-refractivity contribution >= 4 is 18.5 Å². The molecule has 1 aliphatic rings. The lowest BCUT2D eigenvalue weighted by atomic mass is 10.0. The number of carboxylic acid groups (broad SMARTS) is 1. The lowest BCUT2D eigenvalue weighted by molar-refractivity contribution is -0.134. The number of carboxylic acids is 1. The van der Waals surface area contributed by atoms with Gasteiger partial charge in [-0.1, -0.05) is 12.2 Å². The zero-order valence-electron chi connectivity index (χ0n) is 6.32. The van der Waals surface area contributed by atoms with Gasteiger partial charge in [-0.15, -0.1) is 0 Å². The molecule has 0 spiro atoms. The fourth-order valence-electron chi connectivity index (χ4n) is 0.733. The first kappa shape index (κ1) is 10.3. The largest absolute Gasteiger partial charge is 0.478 e. The number of carbonyl (C=O) groups is 3. The number of ketones is 1. The zero-order valence-corrected chi connectivity index (χ0v) is 6.32. The first-order valence-electron chi connectivity index (χ1n) is 3.14. The van der Waals surface area contributed by atoms with Crippen LogP contribution in [0, 0.1) is 0 Å². The van der Waals surface area contributed by atoms with Crippen molar-refractivity contribution in [3.63, 3.8) is 0 Å². The van der Waals surface area contributed by atoms with Gasteiger partial charge < -0.3 is 9.90 Å². The quantitative estimate of drug-likeness (QED) is 0.573. The van der Waals surface area contributed by atoms with E-state index in [9.17, 15) is 9.59 Å². The number of aliphatic carboxylic acids is 1. The third-order valence-electron chi connectivity index (χ3n) is 1.23. The molecule has 0 aromatic rings. The maximum absolute atomic E-state index is 10.7. The van der Waals surface area contributed by atoms with Crippen molar-refractivity contribution in [2.24, 2.45) is 0 Å². The second-order valence-electron chi connectivity index (χ2n) is 1.94. The van der Waals surface area contributed by atoms with E-state index in [4.69, 9.17) is 9.90 Å². The Morgan fingerprint density at radius 3 is 2.42 bits per heavy atom. The molecule has 4 nitrogen and oxygen atoms in total. The first-order valence-corrected chi connectivity index (χ1v) is 3.14. The summed E-state index contributed by atoms with van der Waals surface area (Å²) in [6, 6.07) is 0. The number of carbonyl (C=O) groups excluding carboxylic acids is 2. The van der Waals surface area contributed by atoms with E-state index in [2.05, 4.69) is 0 Å². The molecule has 0 aromatic heterocycles. The first-order chi connectivity index (χ1) is 5.72. The number of hydrogen-bond acceptors (Lipinski definition) is 3. The Labute approximate surface area is 69.2 Å². The fraction of sp³-hybridized carbons (Fsp3) is 0.125. The lowest BCUT2D eigenvalue weighted by Gasteiger charge is -2.00. The molecule has 0 saturated heterocycles. The second-order valence-corrected chi connectivity index (χ2v) is 1.94. The highest BCUT2D eigenvalue weighted by Crippen LogP contribution is 2.06. The molecular formula is C8H8O4. The van der Waals surface area contributed by atoms with Gasteiger partial charge in [0, 0.05) is 6.42 Å². The molecule has 0 atom stereocenters. The van der Waals surface area contributed by atoms with Crippen LogP contribution in [0.15, 0.2) is 23.8 Å². The van der Waals surface area contributed by atoms with Crippen molar-refractivity contribution in [2.45, 2.75) is 6.42 Å². The van der Waals surface area contributed by atoms with Gasteiger partial charge in [0.05, 0.1) is 0 Å². The maximum Gasteiger partial charge on any atom is 0.339 e. The van der Waals surface area contributed by atoms with Crippen LogP contribution in [0.5, 0.6) is 0 Å². The summed E-state index contributed by atoms with van der Waals surface area (Å²) in [7, 11) is 0. The molecule has 1 N–H and O–H groups in total. The number of rotatable bonds is 1. The molecule has 0 saturated carbocycles. The van der Waals surface area contributed by atoms with Gasteiger partial charge in [0.1, 0.15) is 12.4 Å². The maximum atomic E-state index is 10.7. The Morgan fingerprint density at radius 1 is 1.50 bits per heavy atom. The Balaban J connectivity index is 0.000000561. The molecule has 0 aliphatic heterocycles. The van der Waals surface area contributed by atoms with Gasteiger partial charge in [0.2, 0.25) is 0 Å². The lowest BCUT2D eigenvalue weighted by Crippen LogP contribution is -2.12. The Bertz CT molecular complexity index is 250. The van der Waals surface area contributed by atoms with Crippen molar-refractivity contribution in [3.8, 4) is 0 Å². The van der Waals surface area contributed by atoms with Crippen LogP contribution in [0.3, 0.4) is 0 Å². The van der Waals surface area contributed by atoms with Gasteiger partial charge in [-0.3, -0.25) is 4.79 Å². The SMILES string of the molecule is C=O.O=C(O)C1=CC=CCC1=O. The van der Waals surface area contributed by atoms with Gasteiger partial charge in [-0.25, -0.2) is 4.79 Å². The van der Waals surface area contributed by atoms with Crippen LogP contribution in [0.1, 0.15) is 6.42 Å². The van der Waals surface area contributed by atoms with Crippen LogP contribution in [-0.2, 0) is 14.4 Å². The highest BCUT2D eigenvalue weighted by Gasteiger charge is 2.16. The van der Waals surface area contributed by atoms with E-state index in [1.54, 1.807) is 12.2 Å². The van der Waals surface area contributed by atoms with Crippen molar-refractivity contribution in [1.29, 1.82) is 0 Å². The fourth-order valence-corrected chi connectivity index (χ4v) is 0.733. The number of Topliss-reactive ketones (excluding diaryl/α,β-unsaturated/α-hetero) is 1. The monoisotopic (exact) mass is 168 g/mol. The van der Waals surface area contributed by atoms with E-state index in [-0.39, 0.29) is 17.8 Å². The Kier molecular flexibility index (Phi) is 4.30. The summed E-state index contributed by atoms with van der Waals surface area (Å²) in [5.74, 6) is -1.47. The van der Waals surface area contributed by atoms with Crippen LogP contribution >= 0.6 is 0 Å². The molecule has 0 fully saturated rings. The summed E-state index contributed by atoms with van der Waals surface area (Å²) < 4.78 is 0. The summed E-state index contributed by atoms with van der Waals surface area (Å²) in [5, 5.41) is 8.39. The van der Waals surface area contributed by atoms with Gasteiger partial charge in [-0.05, 0) is 6.08 Å². The van der Waals surface area contributed by atoms with Gasteiger partial charge in [-0.2, -0.15) is 0 Å². The topological polar surface area (TPSA) is 71.4 Å². The molecule has 64 valence electrons. The van der Waals surface area contributed by atoms with Gasteiger partial charge >= 0.3 is 5.97 Å². The van der Waals surface area contributed by atoms with Crippen molar-refractivity contribution in [3.05, 3.63) is 23.8 Å². The van der Waals surface area contributed by atoms with E-state index in [0.717, 1.165) is 0 Å². The van der Waals surface area contributed by atoms with Crippen LogP contribution in [-0.4, -0.2) is 23.6 Å². The number of allylic oxidation sites excluding steroid dienone is 3. The molecule has 0 aromatic carbocycles. The van der Waals surface area contributed by atoms with Crippen molar-refractivity contribution < 1.29 is 19.5 Å². The molecule has 0 amide bonds. The standard InChI is InChI=1S/C7H6O3.CH2O/c8-6-4-2-1-3-5(6)7(9)10;1-2/h1-3H,4H2,(H,9,10);1H2. The third kappa shape index (κ3) is 2.49. The summed E-state index contributed by atoms with van der Waals surface area (Å²) in [4.78, 5) is 29.0. The van der Waals surface area contributed by atoms with E-state index in [1.807, 2.05) is 6.79 Å². The van der Waals surface area contributed by atoms with Crippen molar-refractivity contribution in [2.75, 3.05) is 0 Å². The minimum Gasteiger partial charge on any atom is -0.478 e. The van der Waals surface area contributed by atoms with E-state index in [1.165, 1.54) is 6.08 Å². The van der Waals surface area contributed by atoms with E-state index in [0.29, 0.717) is 0 Å². The minimum absolute atomic E-state index is 0.123. The van der Waals surface area contributed by atoms with E-state index < -0.39 is 5.97 Å². The normalized spacial score (nSPS) is 14.3. The van der Waals surface area contributed by atoms with Crippen LogP contribution in [0.25, 0.3) is 0 Å². The smallest absolute Gasteiger partial charge is 0.339 e. The second kappa shape index (κ2) is 5.01. The Hall–Kier alpha value is -1.71. The van der Waals surface area contributed by atoms with E-state index >= 15 is 0 Å². The minimum atomic E-state index is -1.14. The Morgan fingerprint density at radius 2 is 2.08 bits per heavy atom. The van der Waals surface area contributed by atoms with Gasteiger partial charge in [0.25, 0.3) is 0 Å². The number of hydrogen-bond donors (Lipinski definition) is 1. The highest BCUT2D eigenvalue weighted by atomic mass is 16.4. The third-order valence-corrected chi connectivity index (χ3v) is 1.23. The predicted octanol–water partition coefficient (Wildman–Crippen LogP) is 0.342. The highest BCUT2D eigenvalue weighted by molar-refractivity contribution is 6.17. The van der Waals surface area contributed by atoms with Crippen molar-refractivity contribution in [1.82, 2.24) is 0 Å². The zero-order chi connectivity index (χ0) is 9.56. The van der Waals surface area contributed by atoms with Crippen LogP contribution in [0.4, 0.5) is 0 Å². The molecule has 0 heterocycles. The summed E-state index contributed by atoms with van der Waals surface area (Å²) >= 11 is 0. The molecule has 0 unspecified atom stereocenters. The summed E-state index contributed by atoms with van der Waals surface area (Å²) in [6.07, 6.45) is 4.73. The average Bonchev–Trinajstić information content (AvgIpc) is 2.08. The van der Waals surface area contributed by atoms with Gasteiger partial charge in [0.15, 0.2) is 5.78 Å². The summed E-state index contributed by atoms with van der Waals surface area (Å²) in [6.45, 7) is 2.00. The molecule has 1 aliphatic carbocycles. The molecule has 12 heavy (non-hydrogen) atoms. The molecular weight excluding hydrogens is 160 g/mol. The average molecular weight is 168 g/mol.